The molecule has 0 saturated heterocycles. The van der Waals surface area contributed by atoms with Gasteiger partial charge in [-0.3, -0.25) is 4.79 Å². The zero-order valence-electron chi connectivity index (χ0n) is 17.8. The molecule has 4 fully saturated rings. The van der Waals surface area contributed by atoms with Gasteiger partial charge in [-0.05, 0) is 87.4 Å². The van der Waals surface area contributed by atoms with Gasteiger partial charge in [0.1, 0.15) is 12.1 Å². The zero-order valence-corrected chi connectivity index (χ0v) is 17.8. The van der Waals surface area contributed by atoms with Crippen LogP contribution in [0.4, 0.5) is 0 Å². The molecule has 4 aliphatic carbocycles. The summed E-state index contributed by atoms with van der Waals surface area (Å²) in [6.45, 7) is 9.81. The first-order chi connectivity index (χ1) is 12.9. The van der Waals surface area contributed by atoms with Crippen molar-refractivity contribution in [3.63, 3.8) is 0 Å². The normalized spacial score (nSPS) is 52.0. The molecule has 8 atom stereocenters. The van der Waals surface area contributed by atoms with Gasteiger partial charge >= 0.3 is 0 Å². The van der Waals surface area contributed by atoms with Crippen LogP contribution in [-0.4, -0.2) is 24.3 Å². The van der Waals surface area contributed by atoms with Gasteiger partial charge in [0, 0.05) is 24.4 Å². The minimum atomic E-state index is -0.235. The lowest BCUT2D eigenvalue weighted by molar-refractivity contribution is -0.180. The first kappa shape index (κ1) is 19.6. The standard InChI is InChI=1S/C24H38O3/c1-5-24(27-6-2)14-10-19-17-7-8-18-16(3)21(26)11-13-23(18,15-25)20(17)9-12-22(19,24)4/h15-20H,5-14H2,1-4H3/t16-,17-,18-,19-,20-,22-,23+,24-/m0/s1. The van der Waals surface area contributed by atoms with Crippen LogP contribution in [0.1, 0.15) is 85.5 Å². The average Bonchev–Trinajstić information content (AvgIpc) is 2.97. The molecule has 0 aromatic heterocycles. The minimum absolute atomic E-state index is 0.0262. The molecule has 4 rings (SSSR count). The molecule has 4 saturated carbocycles. The second kappa shape index (κ2) is 6.68. The van der Waals surface area contributed by atoms with E-state index in [9.17, 15) is 9.59 Å². The minimum Gasteiger partial charge on any atom is -0.375 e. The van der Waals surface area contributed by atoms with E-state index in [4.69, 9.17) is 4.74 Å². The van der Waals surface area contributed by atoms with Crippen molar-refractivity contribution in [1.82, 2.24) is 0 Å². The summed E-state index contributed by atoms with van der Waals surface area (Å²) >= 11 is 0. The van der Waals surface area contributed by atoms with Crippen molar-refractivity contribution < 1.29 is 14.3 Å². The van der Waals surface area contributed by atoms with E-state index in [1.807, 2.05) is 0 Å². The fourth-order valence-electron chi connectivity index (χ4n) is 8.67. The number of hydrogen-bond donors (Lipinski definition) is 0. The van der Waals surface area contributed by atoms with E-state index in [0.29, 0.717) is 30.0 Å². The summed E-state index contributed by atoms with van der Waals surface area (Å²) in [5, 5.41) is 0. The third-order valence-electron chi connectivity index (χ3n) is 10.0. The number of aldehydes is 1. The largest absolute Gasteiger partial charge is 0.375 e. The molecule has 0 amide bonds. The molecule has 0 aromatic rings. The first-order valence-corrected chi connectivity index (χ1v) is 11.5. The van der Waals surface area contributed by atoms with Crippen molar-refractivity contribution in [1.29, 1.82) is 0 Å². The molecular weight excluding hydrogens is 336 g/mol. The zero-order chi connectivity index (χ0) is 19.4. The Bertz CT molecular complexity index is 615. The first-order valence-electron chi connectivity index (χ1n) is 11.5. The maximum absolute atomic E-state index is 12.5. The van der Waals surface area contributed by atoms with Crippen LogP contribution in [0.3, 0.4) is 0 Å². The summed E-state index contributed by atoms with van der Waals surface area (Å²) in [6, 6.07) is 0. The fourth-order valence-corrected chi connectivity index (χ4v) is 8.67. The number of carbonyl (C=O) groups is 2. The van der Waals surface area contributed by atoms with Crippen LogP contribution in [0.2, 0.25) is 0 Å². The Balaban J connectivity index is 1.68. The highest BCUT2D eigenvalue weighted by atomic mass is 16.5. The third-order valence-corrected chi connectivity index (χ3v) is 10.0. The Kier molecular flexibility index (Phi) is 4.85. The molecule has 3 heteroatoms. The fraction of sp³-hybridized carbons (Fsp3) is 0.917. The van der Waals surface area contributed by atoms with Crippen LogP contribution >= 0.6 is 0 Å². The van der Waals surface area contributed by atoms with Gasteiger partial charge in [0.05, 0.1) is 5.60 Å². The van der Waals surface area contributed by atoms with Gasteiger partial charge in [0.2, 0.25) is 0 Å². The van der Waals surface area contributed by atoms with E-state index in [-0.39, 0.29) is 28.3 Å². The lowest BCUT2D eigenvalue weighted by Gasteiger charge is -2.61. The summed E-state index contributed by atoms with van der Waals surface area (Å²) in [7, 11) is 0. The summed E-state index contributed by atoms with van der Waals surface area (Å²) in [5.74, 6) is 2.54. The molecule has 0 radical (unpaired) electrons. The Morgan fingerprint density at radius 3 is 2.44 bits per heavy atom. The van der Waals surface area contributed by atoms with Crippen LogP contribution in [0.15, 0.2) is 0 Å². The smallest absolute Gasteiger partial charge is 0.136 e. The van der Waals surface area contributed by atoms with Gasteiger partial charge in [-0.2, -0.15) is 0 Å². The predicted octanol–water partition coefficient (Wildman–Crippen LogP) is 5.21. The van der Waals surface area contributed by atoms with E-state index in [0.717, 1.165) is 32.3 Å². The number of fused-ring (bicyclic) bond motifs is 5. The number of rotatable bonds is 4. The molecule has 152 valence electrons. The van der Waals surface area contributed by atoms with Crippen molar-refractivity contribution >= 4 is 12.1 Å². The second-order valence-corrected chi connectivity index (χ2v) is 10.3. The van der Waals surface area contributed by atoms with Crippen LogP contribution in [-0.2, 0) is 14.3 Å². The summed E-state index contributed by atoms with van der Waals surface area (Å²) in [4.78, 5) is 24.9. The van der Waals surface area contributed by atoms with Crippen molar-refractivity contribution in [3.05, 3.63) is 0 Å². The van der Waals surface area contributed by atoms with Crippen LogP contribution in [0, 0.1) is 40.4 Å². The van der Waals surface area contributed by atoms with Gasteiger partial charge in [0.15, 0.2) is 0 Å². The molecule has 0 heterocycles. The monoisotopic (exact) mass is 374 g/mol. The van der Waals surface area contributed by atoms with Crippen molar-refractivity contribution in [2.24, 2.45) is 40.4 Å². The van der Waals surface area contributed by atoms with Crippen LogP contribution < -0.4 is 0 Å². The summed E-state index contributed by atoms with van der Waals surface area (Å²) < 4.78 is 6.47. The quantitative estimate of drug-likeness (QED) is 0.635. The number of ether oxygens (including phenoxy) is 1. The summed E-state index contributed by atoms with van der Waals surface area (Å²) in [5.41, 5.74) is 0.0327. The lowest BCUT2D eigenvalue weighted by Crippen LogP contribution is -2.59. The Hall–Kier alpha value is -0.700. The van der Waals surface area contributed by atoms with Gasteiger partial charge in [0.25, 0.3) is 0 Å². The molecule has 4 aliphatic rings. The number of ketones is 1. The molecular formula is C24H38O3. The van der Waals surface area contributed by atoms with E-state index in [2.05, 4.69) is 27.7 Å². The number of carbonyl (C=O) groups excluding carboxylic acids is 2. The second-order valence-electron chi connectivity index (χ2n) is 10.3. The molecule has 27 heavy (non-hydrogen) atoms. The van der Waals surface area contributed by atoms with Gasteiger partial charge in [-0.25, -0.2) is 0 Å². The number of Topliss-reactive ketones (excluding diaryl/α,β-unsaturated/α-hetero) is 1. The molecule has 0 spiro atoms. The Morgan fingerprint density at radius 1 is 1.04 bits per heavy atom. The van der Waals surface area contributed by atoms with Crippen molar-refractivity contribution in [2.45, 2.75) is 91.1 Å². The van der Waals surface area contributed by atoms with Crippen molar-refractivity contribution in [3.8, 4) is 0 Å². The highest BCUT2D eigenvalue weighted by Crippen LogP contribution is 2.69. The van der Waals surface area contributed by atoms with E-state index < -0.39 is 0 Å². The summed E-state index contributed by atoms with van der Waals surface area (Å²) in [6.07, 6.45) is 10.8. The Morgan fingerprint density at radius 2 is 1.78 bits per heavy atom. The molecule has 3 nitrogen and oxygen atoms in total. The maximum atomic E-state index is 12.5. The SMILES string of the molecule is CCO[C@@]1(CC)CC[C@H]2[C@@H]3CC[C@H]4[C@H](C)C(=O)CC[C@]4(C=O)[C@H]3CC[C@@]21C. The Labute approximate surface area is 165 Å². The lowest BCUT2D eigenvalue weighted by atomic mass is 9.43. The molecule has 0 aromatic carbocycles. The third kappa shape index (κ3) is 2.42. The van der Waals surface area contributed by atoms with Gasteiger partial charge < -0.3 is 9.53 Å². The van der Waals surface area contributed by atoms with Gasteiger partial charge in [-0.1, -0.05) is 20.8 Å². The topological polar surface area (TPSA) is 43.4 Å². The predicted molar refractivity (Wildman–Crippen MR) is 106 cm³/mol. The van der Waals surface area contributed by atoms with Crippen molar-refractivity contribution in [2.75, 3.05) is 6.61 Å². The van der Waals surface area contributed by atoms with Crippen LogP contribution in [0.5, 0.6) is 0 Å². The number of hydrogen-bond acceptors (Lipinski definition) is 3. The molecule has 0 unspecified atom stereocenters. The van der Waals surface area contributed by atoms with Crippen LogP contribution in [0.25, 0.3) is 0 Å². The van der Waals surface area contributed by atoms with Gasteiger partial charge in [-0.15, -0.1) is 0 Å². The highest BCUT2D eigenvalue weighted by Gasteiger charge is 2.66. The molecule has 0 aliphatic heterocycles. The molecule has 0 N–H and O–H groups in total. The molecule has 0 bridgehead atoms. The maximum Gasteiger partial charge on any atom is 0.136 e. The highest BCUT2D eigenvalue weighted by molar-refractivity contribution is 5.84. The van der Waals surface area contributed by atoms with E-state index in [1.165, 1.54) is 32.0 Å². The average molecular weight is 375 g/mol. The van der Waals surface area contributed by atoms with E-state index in [1.54, 1.807) is 0 Å². The van der Waals surface area contributed by atoms with E-state index >= 15 is 0 Å².